The molecule has 1 heterocycles. The van der Waals surface area contributed by atoms with Crippen LogP contribution >= 0.6 is 23.7 Å². The summed E-state index contributed by atoms with van der Waals surface area (Å²) in [6, 6.07) is 3.10. The fourth-order valence-corrected chi connectivity index (χ4v) is 5.57. The molecule has 1 aromatic rings. The number of carbonyl (C=O) groups is 1. The number of nitrogens with two attached hydrogens (primary N) is 1. The lowest BCUT2D eigenvalue weighted by Crippen LogP contribution is -2.45. The molecule has 1 fully saturated rings. The average Bonchev–Trinajstić information content (AvgIpc) is 3.01. The number of thiophene rings is 1. The lowest BCUT2D eigenvalue weighted by atomic mass is 9.84. The molecule has 2 rings (SSSR count). The van der Waals surface area contributed by atoms with Gasteiger partial charge in [-0.2, -0.15) is 0 Å². The number of amides is 1. The highest BCUT2D eigenvalue weighted by Gasteiger charge is 2.28. The van der Waals surface area contributed by atoms with Crippen molar-refractivity contribution in [2.24, 2.45) is 11.7 Å². The molecule has 6 nitrogen and oxygen atoms in total. The van der Waals surface area contributed by atoms with Crippen molar-refractivity contribution in [2.75, 3.05) is 6.54 Å². The number of hydrogen-bond donors (Lipinski definition) is 3. The molecule has 1 saturated carbocycles. The Kier molecular flexibility index (Phi) is 8.66. The number of halogens is 1. The molecule has 138 valence electrons. The van der Waals surface area contributed by atoms with E-state index in [-0.39, 0.29) is 28.6 Å². The van der Waals surface area contributed by atoms with Crippen LogP contribution in [0.25, 0.3) is 0 Å². The second kappa shape index (κ2) is 9.72. The Bertz CT molecular complexity index is 628. The average molecular weight is 396 g/mol. The molecule has 1 atom stereocenters. The fourth-order valence-electron chi connectivity index (χ4n) is 2.94. The minimum Gasteiger partial charge on any atom is -0.351 e. The lowest BCUT2D eigenvalue weighted by Gasteiger charge is -2.29. The predicted molar refractivity (Wildman–Crippen MR) is 98.8 cm³/mol. The maximum Gasteiger partial charge on any atom is 0.250 e. The zero-order valence-electron chi connectivity index (χ0n) is 13.8. The predicted octanol–water partition coefficient (Wildman–Crippen LogP) is 1.99. The number of sulfonamides is 1. The van der Waals surface area contributed by atoms with Crippen molar-refractivity contribution in [1.29, 1.82) is 0 Å². The van der Waals surface area contributed by atoms with E-state index in [0.29, 0.717) is 19.0 Å². The van der Waals surface area contributed by atoms with Crippen LogP contribution in [-0.2, 0) is 21.4 Å². The minimum absolute atomic E-state index is 0. The van der Waals surface area contributed by atoms with Gasteiger partial charge in [0.15, 0.2) is 0 Å². The summed E-state index contributed by atoms with van der Waals surface area (Å²) in [6.45, 7) is 2.09. The molecule has 1 amide bonds. The third kappa shape index (κ3) is 6.00. The second-order valence-corrected chi connectivity index (χ2v) is 9.10. The van der Waals surface area contributed by atoms with Gasteiger partial charge in [-0.25, -0.2) is 13.1 Å². The van der Waals surface area contributed by atoms with Gasteiger partial charge in [-0.15, -0.1) is 23.7 Å². The van der Waals surface area contributed by atoms with Crippen LogP contribution in [0.15, 0.2) is 16.3 Å². The van der Waals surface area contributed by atoms with Crippen molar-refractivity contribution in [2.45, 2.75) is 55.8 Å². The summed E-state index contributed by atoms with van der Waals surface area (Å²) < 4.78 is 28.2. The van der Waals surface area contributed by atoms with E-state index in [1.165, 1.54) is 24.7 Å². The van der Waals surface area contributed by atoms with Crippen molar-refractivity contribution in [3.8, 4) is 0 Å². The SMILES string of the molecule is CC(=O)NCc1ccc(S(=O)(=O)NC(CN)C2CCCCC2)s1.Cl. The highest BCUT2D eigenvalue weighted by Crippen LogP contribution is 2.28. The summed E-state index contributed by atoms with van der Waals surface area (Å²) >= 11 is 1.17. The minimum atomic E-state index is -3.56. The quantitative estimate of drug-likeness (QED) is 0.657. The number of nitrogens with one attached hydrogen (secondary N) is 2. The first kappa shape index (κ1) is 21.4. The molecule has 1 aliphatic carbocycles. The van der Waals surface area contributed by atoms with Crippen molar-refractivity contribution >= 4 is 39.7 Å². The maximum absolute atomic E-state index is 12.6. The summed E-state index contributed by atoms with van der Waals surface area (Å²) in [7, 11) is -3.56. The Labute approximate surface area is 154 Å². The van der Waals surface area contributed by atoms with E-state index in [0.717, 1.165) is 30.6 Å². The molecule has 1 unspecified atom stereocenters. The van der Waals surface area contributed by atoms with E-state index < -0.39 is 10.0 Å². The van der Waals surface area contributed by atoms with Gasteiger partial charge in [0.25, 0.3) is 0 Å². The van der Waals surface area contributed by atoms with Gasteiger partial charge in [-0.1, -0.05) is 19.3 Å². The van der Waals surface area contributed by atoms with Gasteiger partial charge in [0.2, 0.25) is 15.9 Å². The first-order chi connectivity index (χ1) is 10.9. The third-order valence-electron chi connectivity index (χ3n) is 4.19. The van der Waals surface area contributed by atoms with E-state index >= 15 is 0 Å². The van der Waals surface area contributed by atoms with Crippen LogP contribution in [0.5, 0.6) is 0 Å². The van der Waals surface area contributed by atoms with E-state index in [1.54, 1.807) is 12.1 Å². The summed E-state index contributed by atoms with van der Waals surface area (Å²) in [6.07, 6.45) is 5.56. The molecule has 24 heavy (non-hydrogen) atoms. The van der Waals surface area contributed by atoms with E-state index in [2.05, 4.69) is 10.0 Å². The zero-order chi connectivity index (χ0) is 16.9. The zero-order valence-corrected chi connectivity index (χ0v) is 16.2. The molecule has 1 aromatic heterocycles. The molecule has 0 saturated heterocycles. The van der Waals surface area contributed by atoms with E-state index in [9.17, 15) is 13.2 Å². The molecular weight excluding hydrogens is 370 g/mol. The maximum atomic E-state index is 12.6. The van der Waals surface area contributed by atoms with Gasteiger partial charge >= 0.3 is 0 Å². The fraction of sp³-hybridized carbons (Fsp3) is 0.667. The monoisotopic (exact) mass is 395 g/mol. The molecule has 9 heteroatoms. The van der Waals surface area contributed by atoms with Crippen LogP contribution in [0.2, 0.25) is 0 Å². The Morgan fingerprint density at radius 1 is 1.33 bits per heavy atom. The summed E-state index contributed by atoms with van der Waals surface area (Å²) in [4.78, 5) is 11.7. The third-order valence-corrected chi connectivity index (χ3v) is 7.26. The molecule has 0 radical (unpaired) electrons. The highest BCUT2D eigenvalue weighted by molar-refractivity contribution is 7.91. The van der Waals surface area contributed by atoms with Gasteiger partial charge in [0, 0.05) is 24.4 Å². The number of hydrogen-bond acceptors (Lipinski definition) is 5. The Balaban J connectivity index is 0.00000288. The molecule has 1 aliphatic rings. The van der Waals surface area contributed by atoms with Crippen molar-refractivity contribution in [3.05, 3.63) is 17.0 Å². The van der Waals surface area contributed by atoms with Crippen LogP contribution in [0, 0.1) is 5.92 Å². The number of rotatable bonds is 7. The van der Waals surface area contributed by atoms with Crippen molar-refractivity contribution in [1.82, 2.24) is 10.0 Å². The highest BCUT2D eigenvalue weighted by atomic mass is 35.5. The van der Waals surface area contributed by atoms with Gasteiger partial charge in [-0.05, 0) is 30.9 Å². The van der Waals surface area contributed by atoms with Gasteiger partial charge in [0.05, 0.1) is 6.54 Å². The van der Waals surface area contributed by atoms with Crippen LogP contribution in [-0.4, -0.2) is 26.9 Å². The molecule has 4 N–H and O–H groups in total. The summed E-state index contributed by atoms with van der Waals surface area (Å²) in [5.74, 6) is 0.184. The molecule has 0 spiro atoms. The van der Waals surface area contributed by atoms with Crippen LogP contribution in [0.3, 0.4) is 0 Å². The first-order valence-corrected chi connectivity index (χ1v) is 10.3. The van der Waals surface area contributed by atoms with Crippen LogP contribution in [0.1, 0.15) is 43.9 Å². The van der Waals surface area contributed by atoms with Crippen molar-refractivity contribution < 1.29 is 13.2 Å². The smallest absolute Gasteiger partial charge is 0.250 e. The second-order valence-electron chi connectivity index (χ2n) is 5.99. The summed E-state index contributed by atoms with van der Waals surface area (Å²) in [5, 5.41) is 2.67. The largest absolute Gasteiger partial charge is 0.351 e. The first-order valence-electron chi connectivity index (χ1n) is 7.98. The van der Waals surface area contributed by atoms with Gasteiger partial charge in [-0.3, -0.25) is 4.79 Å². The van der Waals surface area contributed by atoms with Gasteiger partial charge in [0.1, 0.15) is 4.21 Å². The van der Waals surface area contributed by atoms with Crippen LogP contribution in [0.4, 0.5) is 0 Å². The molecule has 0 aliphatic heterocycles. The van der Waals surface area contributed by atoms with E-state index in [1.807, 2.05) is 0 Å². The van der Waals surface area contributed by atoms with Gasteiger partial charge < -0.3 is 11.1 Å². The standard InChI is InChI=1S/C15H25N3O3S2.ClH/c1-11(19)17-10-13-7-8-15(22-13)23(20,21)18-14(9-16)12-5-3-2-4-6-12;/h7-8,12,14,18H,2-6,9-10,16H2,1H3,(H,17,19);1H. The molecule has 0 bridgehead atoms. The van der Waals surface area contributed by atoms with E-state index in [4.69, 9.17) is 5.73 Å². The van der Waals surface area contributed by atoms with Crippen LogP contribution < -0.4 is 15.8 Å². The summed E-state index contributed by atoms with van der Waals surface area (Å²) in [5.41, 5.74) is 5.80. The Hall–Kier alpha value is -0.670. The Morgan fingerprint density at radius 2 is 2.00 bits per heavy atom. The topological polar surface area (TPSA) is 101 Å². The van der Waals surface area contributed by atoms with Crippen molar-refractivity contribution in [3.63, 3.8) is 0 Å². The lowest BCUT2D eigenvalue weighted by molar-refractivity contribution is -0.119. The molecule has 0 aromatic carbocycles. The normalized spacial score (nSPS) is 17.1. The molecular formula is C15H26ClN3O3S2. The Morgan fingerprint density at radius 3 is 2.58 bits per heavy atom. The number of carbonyl (C=O) groups excluding carboxylic acids is 1.